The lowest BCUT2D eigenvalue weighted by molar-refractivity contribution is -0.134. The Morgan fingerprint density at radius 2 is 1.90 bits per heavy atom. The lowest BCUT2D eigenvalue weighted by Crippen LogP contribution is -2.44. The number of methoxy groups -OCH3 is 1. The molecule has 1 aliphatic rings. The average molecular weight is 293 g/mol. The third kappa shape index (κ3) is 4.70. The van der Waals surface area contributed by atoms with E-state index in [1.54, 1.807) is 7.11 Å². The fourth-order valence-electron chi connectivity index (χ4n) is 2.75. The van der Waals surface area contributed by atoms with Gasteiger partial charge in [0.25, 0.3) is 0 Å². The van der Waals surface area contributed by atoms with Gasteiger partial charge in [-0.05, 0) is 50.3 Å². The smallest absolute Gasteiger partial charge is 0.169 e. The summed E-state index contributed by atoms with van der Waals surface area (Å²) in [6.45, 7) is 6.12. The van der Waals surface area contributed by atoms with Crippen LogP contribution in [-0.4, -0.2) is 39.2 Å². The fraction of sp³-hybridized carbons (Fsp3) is 0.647. The summed E-state index contributed by atoms with van der Waals surface area (Å²) in [7, 11) is 1.71. The first-order chi connectivity index (χ1) is 10.3. The Kier molecular flexibility index (Phi) is 6.49. The maximum atomic E-state index is 5.54. The molecule has 4 heteroatoms. The van der Waals surface area contributed by atoms with Gasteiger partial charge in [0.2, 0.25) is 0 Å². The zero-order chi connectivity index (χ0) is 15.1. The quantitative estimate of drug-likeness (QED) is 0.711. The molecule has 0 heterocycles. The minimum atomic E-state index is -0.129. The second-order valence-corrected chi connectivity index (χ2v) is 5.39. The van der Waals surface area contributed by atoms with E-state index in [1.165, 1.54) is 5.56 Å². The second kappa shape index (κ2) is 8.37. The first kappa shape index (κ1) is 16.3. The Morgan fingerprint density at radius 3 is 2.52 bits per heavy atom. The van der Waals surface area contributed by atoms with Crippen molar-refractivity contribution < 1.29 is 14.2 Å². The van der Waals surface area contributed by atoms with Crippen LogP contribution in [0.25, 0.3) is 0 Å². The molecule has 1 aromatic rings. The first-order valence-electron chi connectivity index (χ1n) is 7.87. The number of nitrogens with one attached hydrogen (secondary N) is 1. The Hall–Kier alpha value is -1.10. The van der Waals surface area contributed by atoms with Gasteiger partial charge in [-0.25, -0.2) is 0 Å². The SMILES string of the molecule is CCOC(CNC1CC(c2cccc(OC)c2)C1)OCC. The number of ether oxygens (including phenoxy) is 3. The van der Waals surface area contributed by atoms with Crippen LogP contribution >= 0.6 is 0 Å². The van der Waals surface area contributed by atoms with Crippen LogP contribution in [0.15, 0.2) is 24.3 Å². The molecule has 1 N–H and O–H groups in total. The summed E-state index contributed by atoms with van der Waals surface area (Å²) in [5.74, 6) is 1.58. The van der Waals surface area contributed by atoms with Crippen molar-refractivity contribution in [1.82, 2.24) is 5.32 Å². The van der Waals surface area contributed by atoms with Gasteiger partial charge in [-0.2, -0.15) is 0 Å². The van der Waals surface area contributed by atoms with Gasteiger partial charge < -0.3 is 19.5 Å². The fourth-order valence-corrected chi connectivity index (χ4v) is 2.75. The van der Waals surface area contributed by atoms with E-state index in [1.807, 2.05) is 19.9 Å². The topological polar surface area (TPSA) is 39.7 Å². The van der Waals surface area contributed by atoms with Crippen LogP contribution in [0.3, 0.4) is 0 Å². The number of hydrogen-bond acceptors (Lipinski definition) is 4. The predicted octanol–water partition coefficient (Wildman–Crippen LogP) is 2.93. The van der Waals surface area contributed by atoms with Crippen LogP contribution in [-0.2, 0) is 9.47 Å². The summed E-state index contributed by atoms with van der Waals surface area (Å²) in [6.07, 6.45) is 2.20. The monoisotopic (exact) mass is 293 g/mol. The Morgan fingerprint density at radius 1 is 1.19 bits per heavy atom. The normalized spacial score (nSPS) is 21.3. The zero-order valence-corrected chi connectivity index (χ0v) is 13.3. The van der Waals surface area contributed by atoms with E-state index in [0.29, 0.717) is 25.2 Å². The number of hydrogen-bond donors (Lipinski definition) is 1. The van der Waals surface area contributed by atoms with E-state index in [4.69, 9.17) is 14.2 Å². The Labute approximate surface area is 127 Å². The molecule has 0 spiro atoms. The summed E-state index contributed by atoms with van der Waals surface area (Å²) in [5.41, 5.74) is 1.37. The molecule has 0 bridgehead atoms. The maximum absolute atomic E-state index is 5.54. The van der Waals surface area contributed by atoms with E-state index < -0.39 is 0 Å². The van der Waals surface area contributed by atoms with Crippen LogP contribution in [0.5, 0.6) is 5.75 Å². The van der Waals surface area contributed by atoms with Crippen molar-refractivity contribution in [2.75, 3.05) is 26.9 Å². The third-order valence-electron chi connectivity index (χ3n) is 3.98. The molecule has 0 unspecified atom stereocenters. The van der Waals surface area contributed by atoms with Crippen molar-refractivity contribution >= 4 is 0 Å². The molecule has 4 nitrogen and oxygen atoms in total. The Balaban J connectivity index is 1.73. The lowest BCUT2D eigenvalue weighted by atomic mass is 9.76. The summed E-state index contributed by atoms with van der Waals surface area (Å²) in [4.78, 5) is 0. The zero-order valence-electron chi connectivity index (χ0n) is 13.3. The molecule has 0 aromatic heterocycles. The molecule has 1 saturated carbocycles. The predicted molar refractivity (Wildman–Crippen MR) is 83.8 cm³/mol. The summed E-state index contributed by atoms with van der Waals surface area (Å²) >= 11 is 0. The second-order valence-electron chi connectivity index (χ2n) is 5.39. The minimum Gasteiger partial charge on any atom is -0.497 e. The van der Waals surface area contributed by atoms with E-state index in [0.717, 1.165) is 25.1 Å². The van der Waals surface area contributed by atoms with E-state index in [2.05, 4.69) is 23.5 Å². The molecular formula is C17H27NO3. The third-order valence-corrected chi connectivity index (χ3v) is 3.98. The van der Waals surface area contributed by atoms with Crippen LogP contribution < -0.4 is 10.1 Å². The number of benzene rings is 1. The molecule has 0 amide bonds. The van der Waals surface area contributed by atoms with Gasteiger partial charge in [0.15, 0.2) is 6.29 Å². The van der Waals surface area contributed by atoms with Crippen LogP contribution in [0.1, 0.15) is 38.2 Å². The van der Waals surface area contributed by atoms with Gasteiger partial charge in [0, 0.05) is 25.8 Å². The minimum absolute atomic E-state index is 0.129. The van der Waals surface area contributed by atoms with Gasteiger partial charge >= 0.3 is 0 Å². The lowest BCUT2D eigenvalue weighted by Gasteiger charge is -2.37. The van der Waals surface area contributed by atoms with E-state index in [-0.39, 0.29) is 6.29 Å². The highest BCUT2D eigenvalue weighted by atomic mass is 16.7. The molecule has 1 fully saturated rings. The largest absolute Gasteiger partial charge is 0.497 e. The van der Waals surface area contributed by atoms with E-state index >= 15 is 0 Å². The van der Waals surface area contributed by atoms with Crippen molar-refractivity contribution in [1.29, 1.82) is 0 Å². The Bertz CT molecular complexity index is 412. The van der Waals surface area contributed by atoms with Gasteiger partial charge in [0.1, 0.15) is 5.75 Å². The van der Waals surface area contributed by atoms with Gasteiger partial charge in [0.05, 0.1) is 7.11 Å². The van der Waals surface area contributed by atoms with Gasteiger partial charge in [-0.1, -0.05) is 12.1 Å². The molecule has 0 aliphatic heterocycles. The van der Waals surface area contributed by atoms with Crippen molar-refractivity contribution in [3.05, 3.63) is 29.8 Å². The molecule has 0 saturated heterocycles. The highest BCUT2D eigenvalue weighted by Crippen LogP contribution is 2.37. The summed E-state index contributed by atoms with van der Waals surface area (Å²) < 4.78 is 16.4. The molecule has 118 valence electrons. The van der Waals surface area contributed by atoms with Crippen molar-refractivity contribution in [3.63, 3.8) is 0 Å². The van der Waals surface area contributed by atoms with Crippen molar-refractivity contribution in [2.45, 2.75) is 44.9 Å². The molecular weight excluding hydrogens is 266 g/mol. The molecule has 0 atom stereocenters. The summed E-state index contributed by atoms with van der Waals surface area (Å²) in [5, 5.41) is 3.54. The summed E-state index contributed by atoms with van der Waals surface area (Å²) in [6, 6.07) is 8.95. The maximum Gasteiger partial charge on any atom is 0.169 e. The van der Waals surface area contributed by atoms with Crippen LogP contribution in [0.2, 0.25) is 0 Å². The standard InChI is InChI=1S/C17H27NO3/c1-4-20-17(21-5-2)12-18-15-9-14(10-15)13-7-6-8-16(11-13)19-3/h6-8,11,14-15,17-18H,4-5,9-10,12H2,1-3H3. The number of rotatable bonds is 9. The van der Waals surface area contributed by atoms with E-state index in [9.17, 15) is 0 Å². The highest BCUT2D eigenvalue weighted by molar-refractivity contribution is 5.32. The molecule has 1 aromatic carbocycles. The van der Waals surface area contributed by atoms with Gasteiger partial charge in [-0.3, -0.25) is 0 Å². The van der Waals surface area contributed by atoms with Crippen LogP contribution in [0.4, 0.5) is 0 Å². The molecule has 2 rings (SSSR count). The van der Waals surface area contributed by atoms with Crippen LogP contribution in [0, 0.1) is 0 Å². The van der Waals surface area contributed by atoms with Crippen molar-refractivity contribution in [3.8, 4) is 5.75 Å². The molecule has 21 heavy (non-hydrogen) atoms. The highest BCUT2D eigenvalue weighted by Gasteiger charge is 2.30. The van der Waals surface area contributed by atoms with Gasteiger partial charge in [-0.15, -0.1) is 0 Å². The molecule has 1 aliphatic carbocycles. The molecule has 0 radical (unpaired) electrons. The van der Waals surface area contributed by atoms with Crippen molar-refractivity contribution in [2.24, 2.45) is 0 Å². The average Bonchev–Trinajstić information content (AvgIpc) is 2.46. The first-order valence-corrected chi connectivity index (χ1v) is 7.87.